The van der Waals surface area contributed by atoms with Gasteiger partial charge in [-0.3, -0.25) is 4.79 Å². The number of rotatable bonds is 12. The molecule has 0 unspecified atom stereocenters. The number of allylic oxidation sites excluding steroid dienone is 2. The minimum atomic E-state index is -1.02. The summed E-state index contributed by atoms with van der Waals surface area (Å²) in [4.78, 5) is 19.5. The fraction of sp³-hybridized carbons (Fsp3) is 0.436. The van der Waals surface area contributed by atoms with Crippen LogP contribution in [0.25, 0.3) is 10.8 Å². The number of aliphatic hydroxyl groups is 1. The highest BCUT2D eigenvalue weighted by molar-refractivity contribution is 5.91. The number of aryl methyl sites for hydroxylation is 2. The summed E-state index contributed by atoms with van der Waals surface area (Å²) < 4.78 is 12.1. The molecule has 11 heteroatoms. The number of carbonyl (C=O) groups excluding carboxylic acids is 1. The van der Waals surface area contributed by atoms with Crippen molar-refractivity contribution in [2.24, 2.45) is 23.2 Å². The number of benzene rings is 4. The van der Waals surface area contributed by atoms with E-state index in [4.69, 9.17) is 9.47 Å². The molecule has 66 heavy (non-hydrogen) atoms. The molecule has 1 saturated carbocycles. The molecule has 1 fully saturated rings. The molecule has 9 rings (SSSR count). The van der Waals surface area contributed by atoms with Crippen LogP contribution in [0, 0.1) is 23.2 Å². The number of aromatic amines is 1. The second kappa shape index (κ2) is 19.4. The number of nitrogens with one attached hydrogen (secondary N) is 3. The zero-order chi connectivity index (χ0) is 46.0. The van der Waals surface area contributed by atoms with Crippen molar-refractivity contribution in [3.8, 4) is 34.5 Å². The lowest BCUT2D eigenvalue weighted by atomic mass is 9.58. The quantitative estimate of drug-likeness (QED) is 0.0444. The number of phenols is 4. The number of aromatic nitrogens is 1. The SMILES string of the molecule is CC(C)CCCOc1cc([C@@H]2CCc3c(ccc4cc(O)ccc34)NC3=CC(=CCN3)[C@]3(CCC[C@@H]3Cc3ccc[nH]3)[C@H]([C@H](O)CCc3ccc(O)c4c3CCCO4)C(=O)C2)cc(O)c1O. The second-order valence-corrected chi connectivity index (χ2v) is 19.5. The van der Waals surface area contributed by atoms with Crippen molar-refractivity contribution in [3.63, 3.8) is 0 Å². The zero-order valence-corrected chi connectivity index (χ0v) is 38.2. The summed E-state index contributed by atoms with van der Waals surface area (Å²) in [6.07, 6.45) is 13.8. The Morgan fingerprint density at radius 2 is 1.80 bits per heavy atom. The largest absolute Gasteiger partial charge is 0.508 e. The number of dihydropyridines is 1. The summed E-state index contributed by atoms with van der Waals surface area (Å²) in [7, 11) is 0. The summed E-state index contributed by atoms with van der Waals surface area (Å²) in [6, 6.07) is 20.5. The summed E-state index contributed by atoms with van der Waals surface area (Å²) in [5.74, 6) is 0.398. The Kier molecular flexibility index (Phi) is 13.3. The maximum Gasteiger partial charge on any atom is 0.200 e. The van der Waals surface area contributed by atoms with Crippen molar-refractivity contribution in [2.75, 3.05) is 25.1 Å². The average Bonchev–Trinajstić information content (AvgIpc) is 3.99. The molecular weight excluding hydrogens is 831 g/mol. The number of ether oxygens (including phenoxy) is 2. The first-order valence-corrected chi connectivity index (χ1v) is 24.1. The Morgan fingerprint density at radius 1 is 0.924 bits per heavy atom. The van der Waals surface area contributed by atoms with Gasteiger partial charge in [0.05, 0.1) is 25.2 Å². The molecule has 1 aliphatic carbocycles. The minimum Gasteiger partial charge on any atom is -0.508 e. The van der Waals surface area contributed by atoms with Gasteiger partial charge in [-0.15, -0.1) is 0 Å². The van der Waals surface area contributed by atoms with Crippen LogP contribution in [-0.2, 0) is 30.5 Å². The Hall–Kier alpha value is -6.07. The van der Waals surface area contributed by atoms with Crippen LogP contribution in [0.1, 0.15) is 106 Å². The molecule has 4 aromatic carbocycles. The van der Waals surface area contributed by atoms with E-state index in [0.717, 1.165) is 88.8 Å². The van der Waals surface area contributed by atoms with Crippen LogP contribution in [0.2, 0.25) is 0 Å². The van der Waals surface area contributed by atoms with Gasteiger partial charge >= 0.3 is 0 Å². The van der Waals surface area contributed by atoms with Gasteiger partial charge in [0.2, 0.25) is 5.75 Å². The number of Topliss-reactive ketones (excluding diaryl/α,β-unsaturated/α-hetero) is 1. The van der Waals surface area contributed by atoms with E-state index < -0.39 is 23.4 Å². The van der Waals surface area contributed by atoms with Gasteiger partial charge < -0.3 is 50.6 Å². The minimum absolute atomic E-state index is 0.0208. The fourth-order valence-electron chi connectivity index (χ4n) is 11.7. The van der Waals surface area contributed by atoms with E-state index in [1.165, 1.54) is 0 Å². The molecule has 0 amide bonds. The topological polar surface area (TPSA) is 177 Å². The van der Waals surface area contributed by atoms with Crippen molar-refractivity contribution in [1.82, 2.24) is 10.3 Å². The molecule has 348 valence electrons. The van der Waals surface area contributed by atoms with E-state index in [9.17, 15) is 25.5 Å². The van der Waals surface area contributed by atoms with E-state index >= 15 is 4.79 Å². The van der Waals surface area contributed by atoms with Gasteiger partial charge in [-0.2, -0.15) is 0 Å². The summed E-state index contributed by atoms with van der Waals surface area (Å²) in [5.41, 5.74) is 5.95. The van der Waals surface area contributed by atoms with Crippen LogP contribution in [-0.4, -0.2) is 62.2 Å². The van der Waals surface area contributed by atoms with Gasteiger partial charge in [-0.05, 0) is 176 Å². The first kappa shape index (κ1) is 45.1. The van der Waals surface area contributed by atoms with Crippen LogP contribution in [0.15, 0.2) is 96.5 Å². The number of aromatic hydroxyl groups is 4. The van der Waals surface area contributed by atoms with Gasteiger partial charge in [0.15, 0.2) is 23.0 Å². The molecule has 2 bridgehead atoms. The lowest BCUT2D eigenvalue weighted by molar-refractivity contribution is -0.134. The Labute approximate surface area is 387 Å². The number of aliphatic hydroxyl groups excluding tert-OH is 1. The molecule has 0 radical (unpaired) electrons. The lowest BCUT2D eigenvalue weighted by Gasteiger charge is -2.46. The van der Waals surface area contributed by atoms with Crippen molar-refractivity contribution >= 4 is 22.2 Å². The first-order valence-electron chi connectivity index (χ1n) is 24.1. The number of H-pyrrole nitrogens is 1. The summed E-state index contributed by atoms with van der Waals surface area (Å²) in [5, 5.41) is 65.8. The molecule has 8 N–H and O–H groups in total. The maximum atomic E-state index is 16.0. The van der Waals surface area contributed by atoms with E-state index in [1.54, 1.807) is 30.3 Å². The Balaban J connectivity index is 1.18. The normalized spacial score (nSPS) is 22.4. The van der Waals surface area contributed by atoms with Crippen molar-refractivity contribution in [2.45, 2.75) is 109 Å². The molecule has 1 aromatic heterocycles. The van der Waals surface area contributed by atoms with E-state index in [1.807, 2.05) is 36.5 Å². The van der Waals surface area contributed by atoms with Crippen molar-refractivity contribution in [1.29, 1.82) is 0 Å². The third kappa shape index (κ3) is 9.19. The number of hydrogen-bond donors (Lipinski definition) is 8. The molecular formula is C55H65N3O8. The Bertz CT molecular complexity index is 2620. The number of phenolic OH excluding ortho intramolecular Hbond substituents is 4. The van der Waals surface area contributed by atoms with Crippen LogP contribution in [0.5, 0.6) is 34.5 Å². The standard InChI is InChI=1S/C55H65N3O8/c1-33(2)7-5-25-65-50-30-37(29-49(63)53(50)64)35-11-16-44-42-17-15-41(59)27-36(42)12-18-45(44)58-51-32-39(21-24-57-51)55(22-3-8-38(55)31-40-9-4-23-56-40)52(48(62)28-35)46(60)19-13-34-14-20-47(61)54-43(34)10-6-26-66-54/h4,9,12,14-15,17-18,20-21,23,27,29-30,32-33,35,38,46,52,56-61,63-64H,3,5-8,10-11,13,16,19,22,24-26,28,31H2,1-2H3/t35-,38-,46-,52-,55-/m1/s1. The number of anilines is 1. The number of ketones is 1. The number of fused-ring (bicyclic) bond motifs is 6. The van der Waals surface area contributed by atoms with E-state index in [0.29, 0.717) is 75.5 Å². The summed E-state index contributed by atoms with van der Waals surface area (Å²) >= 11 is 0. The van der Waals surface area contributed by atoms with Crippen LogP contribution in [0.3, 0.4) is 0 Å². The van der Waals surface area contributed by atoms with Gasteiger partial charge in [0.25, 0.3) is 0 Å². The molecule has 1 spiro atoms. The number of hydrogen-bond acceptors (Lipinski definition) is 10. The van der Waals surface area contributed by atoms with Crippen molar-refractivity contribution < 1.29 is 39.8 Å². The molecule has 3 aliphatic heterocycles. The fourth-order valence-corrected chi connectivity index (χ4v) is 11.7. The van der Waals surface area contributed by atoms with Crippen LogP contribution in [0.4, 0.5) is 5.69 Å². The third-order valence-electron chi connectivity index (χ3n) is 14.9. The first-order chi connectivity index (χ1) is 32.0. The second-order valence-electron chi connectivity index (χ2n) is 19.5. The van der Waals surface area contributed by atoms with Gasteiger partial charge in [0, 0.05) is 41.5 Å². The molecule has 11 nitrogen and oxygen atoms in total. The lowest BCUT2D eigenvalue weighted by Crippen LogP contribution is -2.48. The summed E-state index contributed by atoms with van der Waals surface area (Å²) in [6.45, 7) is 5.75. The highest BCUT2D eigenvalue weighted by Crippen LogP contribution is 2.58. The molecule has 4 heterocycles. The van der Waals surface area contributed by atoms with E-state index in [-0.39, 0.29) is 46.9 Å². The van der Waals surface area contributed by atoms with Crippen LogP contribution < -0.4 is 20.1 Å². The average molecular weight is 896 g/mol. The molecule has 5 atom stereocenters. The highest BCUT2D eigenvalue weighted by atomic mass is 16.5. The predicted molar refractivity (Wildman–Crippen MR) is 257 cm³/mol. The zero-order valence-electron chi connectivity index (χ0n) is 38.2. The van der Waals surface area contributed by atoms with Crippen molar-refractivity contribution in [3.05, 3.63) is 124 Å². The van der Waals surface area contributed by atoms with Gasteiger partial charge in [-0.25, -0.2) is 0 Å². The molecule has 0 saturated heterocycles. The smallest absolute Gasteiger partial charge is 0.200 e. The molecule has 4 aliphatic rings. The highest BCUT2D eigenvalue weighted by Gasteiger charge is 2.55. The monoisotopic (exact) mass is 895 g/mol. The maximum absolute atomic E-state index is 16.0. The van der Waals surface area contributed by atoms with Gasteiger partial charge in [0.1, 0.15) is 17.4 Å². The Morgan fingerprint density at radius 3 is 2.64 bits per heavy atom. The third-order valence-corrected chi connectivity index (χ3v) is 14.9. The number of carbonyl (C=O) groups is 1. The molecule has 5 aromatic rings. The van der Waals surface area contributed by atoms with E-state index in [2.05, 4.69) is 47.7 Å². The van der Waals surface area contributed by atoms with Crippen LogP contribution >= 0.6 is 0 Å². The van der Waals surface area contributed by atoms with Gasteiger partial charge in [-0.1, -0.05) is 44.5 Å². The predicted octanol–water partition coefficient (Wildman–Crippen LogP) is 10.2.